The minimum absolute atomic E-state index is 0.139. The molecule has 0 heterocycles. The lowest BCUT2D eigenvalue weighted by molar-refractivity contribution is -0.384. The first-order valence-electron chi connectivity index (χ1n) is 6.48. The van der Waals surface area contributed by atoms with Crippen LogP contribution in [0.1, 0.15) is 26.2 Å². The number of benzene rings is 1. The zero-order valence-corrected chi connectivity index (χ0v) is 11.2. The number of amides is 1. The van der Waals surface area contributed by atoms with Gasteiger partial charge in [-0.1, -0.05) is 0 Å². The Morgan fingerprint density at radius 2 is 2.25 bits per heavy atom. The summed E-state index contributed by atoms with van der Waals surface area (Å²) in [5.41, 5.74) is 4.93. The van der Waals surface area contributed by atoms with E-state index in [0.717, 1.165) is 6.42 Å². The highest BCUT2D eigenvalue weighted by atomic mass is 16.6. The van der Waals surface area contributed by atoms with Crippen LogP contribution in [0, 0.1) is 10.1 Å². The fourth-order valence-electron chi connectivity index (χ4n) is 2.06. The molecule has 1 fully saturated rings. The van der Waals surface area contributed by atoms with E-state index in [1.165, 1.54) is 12.1 Å². The Hall–Kier alpha value is -2.15. The molecular formula is C13H17N3O4. The van der Waals surface area contributed by atoms with Crippen LogP contribution >= 0.6 is 0 Å². The van der Waals surface area contributed by atoms with Crippen LogP contribution < -0.4 is 15.8 Å². The molecule has 2 rings (SSSR count). The number of ether oxygens (including phenoxy) is 1. The van der Waals surface area contributed by atoms with Gasteiger partial charge < -0.3 is 15.8 Å². The summed E-state index contributed by atoms with van der Waals surface area (Å²) < 4.78 is 5.21. The third kappa shape index (κ3) is 2.72. The number of nitro benzene ring substituents is 1. The predicted molar refractivity (Wildman–Crippen MR) is 73.7 cm³/mol. The summed E-state index contributed by atoms with van der Waals surface area (Å²) in [7, 11) is 0. The van der Waals surface area contributed by atoms with E-state index in [-0.39, 0.29) is 17.3 Å². The molecule has 20 heavy (non-hydrogen) atoms. The van der Waals surface area contributed by atoms with Crippen molar-refractivity contribution >= 4 is 17.3 Å². The molecule has 1 amide bonds. The van der Waals surface area contributed by atoms with Gasteiger partial charge in [0.15, 0.2) is 0 Å². The van der Waals surface area contributed by atoms with E-state index in [1.54, 1.807) is 13.0 Å². The Morgan fingerprint density at radius 1 is 1.55 bits per heavy atom. The molecular weight excluding hydrogens is 262 g/mol. The SMILES string of the molecule is CCOc1ccc(NC(=O)C2(N)CCC2)c([N+](=O)[O-])c1. The molecule has 1 saturated carbocycles. The molecule has 0 spiro atoms. The third-order valence-corrected chi connectivity index (χ3v) is 3.42. The Bertz CT molecular complexity index is 540. The summed E-state index contributed by atoms with van der Waals surface area (Å²) in [4.78, 5) is 22.5. The van der Waals surface area contributed by atoms with Gasteiger partial charge in [-0.3, -0.25) is 14.9 Å². The number of nitrogens with zero attached hydrogens (tertiary/aromatic N) is 1. The minimum atomic E-state index is -0.896. The van der Waals surface area contributed by atoms with Crippen LogP contribution in [-0.2, 0) is 4.79 Å². The predicted octanol–water partition coefficient (Wildman–Crippen LogP) is 1.81. The zero-order valence-electron chi connectivity index (χ0n) is 11.2. The average Bonchev–Trinajstić information content (AvgIpc) is 2.37. The van der Waals surface area contributed by atoms with Crippen molar-refractivity contribution in [3.8, 4) is 5.75 Å². The highest BCUT2D eigenvalue weighted by Gasteiger charge is 2.40. The fourth-order valence-corrected chi connectivity index (χ4v) is 2.06. The maximum atomic E-state index is 12.0. The van der Waals surface area contributed by atoms with Gasteiger partial charge in [-0.25, -0.2) is 0 Å². The second kappa shape index (κ2) is 5.46. The van der Waals surface area contributed by atoms with E-state index < -0.39 is 10.5 Å². The number of rotatable bonds is 5. The molecule has 1 aromatic carbocycles. The first-order chi connectivity index (χ1) is 9.46. The molecule has 1 aliphatic carbocycles. The average molecular weight is 279 g/mol. The number of hydrogen-bond donors (Lipinski definition) is 2. The number of hydrogen-bond acceptors (Lipinski definition) is 5. The van der Waals surface area contributed by atoms with Crippen LogP contribution in [0.3, 0.4) is 0 Å². The van der Waals surface area contributed by atoms with Gasteiger partial charge in [0.2, 0.25) is 5.91 Å². The van der Waals surface area contributed by atoms with Crippen molar-refractivity contribution in [1.82, 2.24) is 0 Å². The molecule has 108 valence electrons. The lowest BCUT2D eigenvalue weighted by Crippen LogP contribution is -2.56. The van der Waals surface area contributed by atoms with Crippen LogP contribution in [0.5, 0.6) is 5.75 Å². The Morgan fingerprint density at radius 3 is 2.75 bits per heavy atom. The van der Waals surface area contributed by atoms with Crippen LogP contribution in [0.15, 0.2) is 18.2 Å². The van der Waals surface area contributed by atoms with E-state index in [4.69, 9.17) is 10.5 Å². The molecule has 0 aromatic heterocycles. The number of carbonyl (C=O) groups is 1. The Balaban J connectivity index is 2.22. The molecule has 0 aliphatic heterocycles. The first-order valence-corrected chi connectivity index (χ1v) is 6.48. The van der Waals surface area contributed by atoms with Gasteiger partial charge in [-0.15, -0.1) is 0 Å². The molecule has 1 aliphatic rings. The third-order valence-electron chi connectivity index (χ3n) is 3.42. The van der Waals surface area contributed by atoms with E-state index in [0.29, 0.717) is 25.2 Å². The molecule has 0 bridgehead atoms. The van der Waals surface area contributed by atoms with E-state index in [2.05, 4.69) is 5.32 Å². The van der Waals surface area contributed by atoms with Crippen molar-refractivity contribution in [2.45, 2.75) is 31.7 Å². The molecule has 0 unspecified atom stereocenters. The molecule has 0 atom stereocenters. The molecule has 0 saturated heterocycles. The number of nitro groups is 1. The van der Waals surface area contributed by atoms with Crippen molar-refractivity contribution in [2.24, 2.45) is 5.73 Å². The summed E-state index contributed by atoms with van der Waals surface area (Å²) in [5, 5.41) is 13.6. The van der Waals surface area contributed by atoms with Crippen LogP contribution in [-0.4, -0.2) is 23.0 Å². The van der Waals surface area contributed by atoms with Gasteiger partial charge in [0, 0.05) is 0 Å². The van der Waals surface area contributed by atoms with Gasteiger partial charge in [-0.05, 0) is 38.3 Å². The highest BCUT2D eigenvalue weighted by Crippen LogP contribution is 2.33. The molecule has 7 heteroatoms. The maximum absolute atomic E-state index is 12.0. The minimum Gasteiger partial charge on any atom is -0.494 e. The zero-order chi connectivity index (χ0) is 14.8. The molecule has 7 nitrogen and oxygen atoms in total. The lowest BCUT2D eigenvalue weighted by Gasteiger charge is -2.36. The van der Waals surface area contributed by atoms with Gasteiger partial charge >= 0.3 is 0 Å². The quantitative estimate of drug-likeness (QED) is 0.631. The molecule has 3 N–H and O–H groups in total. The van der Waals surface area contributed by atoms with Gasteiger partial charge in [0.1, 0.15) is 11.4 Å². The van der Waals surface area contributed by atoms with E-state index >= 15 is 0 Å². The maximum Gasteiger partial charge on any atom is 0.296 e. The summed E-state index contributed by atoms with van der Waals surface area (Å²) in [5.74, 6) is 0.0133. The highest BCUT2D eigenvalue weighted by molar-refractivity contribution is 6.00. The second-order valence-corrected chi connectivity index (χ2v) is 4.83. The monoisotopic (exact) mass is 279 g/mol. The Kier molecular flexibility index (Phi) is 3.89. The van der Waals surface area contributed by atoms with Crippen LogP contribution in [0.2, 0.25) is 0 Å². The van der Waals surface area contributed by atoms with Crippen molar-refractivity contribution in [2.75, 3.05) is 11.9 Å². The second-order valence-electron chi connectivity index (χ2n) is 4.83. The molecule has 1 aromatic rings. The Labute approximate surface area is 116 Å². The van der Waals surface area contributed by atoms with Crippen LogP contribution in [0.4, 0.5) is 11.4 Å². The van der Waals surface area contributed by atoms with E-state index in [1.807, 2.05) is 0 Å². The van der Waals surface area contributed by atoms with Crippen molar-refractivity contribution in [3.63, 3.8) is 0 Å². The van der Waals surface area contributed by atoms with Crippen molar-refractivity contribution < 1.29 is 14.5 Å². The normalized spacial score (nSPS) is 16.1. The summed E-state index contributed by atoms with van der Waals surface area (Å²) in [6.07, 6.45) is 2.10. The fraction of sp³-hybridized carbons (Fsp3) is 0.462. The van der Waals surface area contributed by atoms with Crippen molar-refractivity contribution in [1.29, 1.82) is 0 Å². The largest absolute Gasteiger partial charge is 0.494 e. The van der Waals surface area contributed by atoms with E-state index in [9.17, 15) is 14.9 Å². The number of nitrogens with one attached hydrogen (secondary N) is 1. The van der Waals surface area contributed by atoms with Gasteiger partial charge in [0.05, 0.1) is 23.1 Å². The molecule has 0 radical (unpaired) electrons. The number of anilines is 1. The first kappa shape index (κ1) is 14.3. The topological polar surface area (TPSA) is 107 Å². The van der Waals surface area contributed by atoms with Gasteiger partial charge in [0.25, 0.3) is 5.69 Å². The standard InChI is InChI=1S/C13H17N3O4/c1-2-20-9-4-5-10(11(8-9)16(18)19)15-12(17)13(14)6-3-7-13/h4-5,8H,2-3,6-7,14H2,1H3,(H,15,17). The summed E-state index contributed by atoms with van der Waals surface area (Å²) >= 11 is 0. The summed E-state index contributed by atoms with van der Waals surface area (Å²) in [6.45, 7) is 2.20. The number of carbonyl (C=O) groups excluding carboxylic acids is 1. The van der Waals surface area contributed by atoms with Crippen molar-refractivity contribution in [3.05, 3.63) is 28.3 Å². The smallest absolute Gasteiger partial charge is 0.296 e. The summed E-state index contributed by atoms with van der Waals surface area (Å²) in [6, 6.07) is 4.34. The number of nitrogens with two attached hydrogens (primary N) is 1. The van der Waals surface area contributed by atoms with Gasteiger partial charge in [-0.2, -0.15) is 0 Å². The van der Waals surface area contributed by atoms with Crippen LogP contribution in [0.25, 0.3) is 0 Å². The lowest BCUT2D eigenvalue weighted by atomic mass is 9.77.